The molecule has 6 bridgehead atoms. The Balaban J connectivity index is 0.893. The van der Waals surface area contributed by atoms with Crippen LogP contribution in [-0.4, -0.2) is 180 Å². The van der Waals surface area contributed by atoms with Crippen LogP contribution in [0.2, 0.25) is 0 Å². The second-order valence-corrected chi connectivity index (χ2v) is 25.6. The Morgan fingerprint density at radius 3 is 2.41 bits per heavy atom. The maximum atomic E-state index is 15.2. The Morgan fingerprint density at radius 2 is 1.69 bits per heavy atom. The number of cyclic esters (lactones) is 1. The van der Waals surface area contributed by atoms with E-state index in [1.165, 1.54) is 35.3 Å². The summed E-state index contributed by atoms with van der Waals surface area (Å²) in [4.78, 5) is 71.3. The van der Waals surface area contributed by atoms with Crippen molar-refractivity contribution in [1.82, 2.24) is 45.3 Å². The molecular formula is C61H79F3N10O7. The molecule has 3 N–H and O–H groups in total. The van der Waals surface area contributed by atoms with E-state index < -0.39 is 59.8 Å². The molecular weight excluding hydrogens is 1040 g/mol. The number of amides is 3. The number of pyridine rings is 1. The molecule has 8 heterocycles. The average Bonchev–Trinajstić information content (AvgIpc) is 3.28. The molecule has 436 valence electrons. The number of methoxy groups -OCH3 is 1. The van der Waals surface area contributed by atoms with Crippen molar-refractivity contribution in [1.29, 1.82) is 0 Å². The molecule has 2 aromatic carbocycles. The number of benzene rings is 2. The number of ether oxygens (including phenoxy) is 3. The van der Waals surface area contributed by atoms with Crippen LogP contribution >= 0.6 is 0 Å². The van der Waals surface area contributed by atoms with Gasteiger partial charge in [-0.2, -0.15) is 13.2 Å². The van der Waals surface area contributed by atoms with Crippen molar-refractivity contribution in [2.45, 2.75) is 147 Å². The van der Waals surface area contributed by atoms with Gasteiger partial charge in [0.1, 0.15) is 30.3 Å². The number of halogens is 3. The monoisotopic (exact) mass is 1120 g/mol. The summed E-state index contributed by atoms with van der Waals surface area (Å²) in [6.07, 6.45) is 2.63. The molecule has 12 rings (SSSR count). The number of nitrogens with zero attached hydrogens (tertiary/aromatic N) is 7. The number of alkyl halides is 3. The number of hydrogen-bond donors (Lipinski definition) is 3. The summed E-state index contributed by atoms with van der Waals surface area (Å²) < 4.78 is 65.4. The Bertz CT molecular complexity index is 3050. The van der Waals surface area contributed by atoms with Crippen molar-refractivity contribution in [3.63, 3.8) is 0 Å². The summed E-state index contributed by atoms with van der Waals surface area (Å²) in [5.41, 5.74) is 7.38. The van der Waals surface area contributed by atoms with Crippen LogP contribution in [0.15, 0.2) is 54.7 Å². The fourth-order valence-corrected chi connectivity index (χ4v) is 13.7. The van der Waals surface area contributed by atoms with Gasteiger partial charge < -0.3 is 33.9 Å². The van der Waals surface area contributed by atoms with Crippen LogP contribution in [0.1, 0.15) is 96.1 Å². The number of rotatable bonds is 12. The Hall–Kier alpha value is -5.64. The Labute approximate surface area is 472 Å². The van der Waals surface area contributed by atoms with E-state index in [1.807, 2.05) is 88.2 Å². The van der Waals surface area contributed by atoms with E-state index in [2.05, 4.69) is 30.8 Å². The molecule has 3 amide bonds. The Kier molecular flexibility index (Phi) is 15.1. The first-order valence-corrected chi connectivity index (χ1v) is 29.5. The number of hydrazine groups is 1. The van der Waals surface area contributed by atoms with Gasteiger partial charge in [-0.15, -0.1) is 0 Å². The van der Waals surface area contributed by atoms with Gasteiger partial charge in [0.05, 0.1) is 61.7 Å². The number of nitrogens with one attached hydrogen (secondary N) is 3. The largest absolute Gasteiger partial charge is 0.464 e. The van der Waals surface area contributed by atoms with Crippen molar-refractivity contribution in [3.8, 4) is 22.4 Å². The summed E-state index contributed by atoms with van der Waals surface area (Å²) >= 11 is 0. The number of anilines is 1. The minimum atomic E-state index is -4.60. The molecule has 17 nitrogen and oxygen atoms in total. The lowest BCUT2D eigenvalue weighted by molar-refractivity contribution is -0.197. The van der Waals surface area contributed by atoms with E-state index in [1.54, 1.807) is 13.2 Å². The lowest BCUT2D eigenvalue weighted by Gasteiger charge is -2.55. The van der Waals surface area contributed by atoms with Crippen molar-refractivity contribution in [2.24, 2.45) is 17.3 Å². The number of morpholine rings is 1. The molecule has 2 saturated carbocycles. The number of esters is 1. The van der Waals surface area contributed by atoms with Gasteiger partial charge in [-0.1, -0.05) is 58.0 Å². The molecule has 6 aliphatic heterocycles. The third kappa shape index (κ3) is 11.7. The predicted octanol–water partition coefficient (Wildman–Crippen LogP) is 6.26. The molecule has 6 atom stereocenters. The normalized spacial score (nSPS) is 26.3. The second-order valence-electron chi connectivity index (χ2n) is 25.6. The molecule has 81 heavy (non-hydrogen) atoms. The first-order chi connectivity index (χ1) is 38.7. The number of hydrogen-bond acceptors (Lipinski definition) is 13. The molecule has 20 heteroatoms. The van der Waals surface area contributed by atoms with Gasteiger partial charge in [0, 0.05) is 93.3 Å². The van der Waals surface area contributed by atoms with E-state index in [4.69, 9.17) is 19.2 Å². The zero-order valence-corrected chi connectivity index (χ0v) is 47.7. The minimum absolute atomic E-state index is 0.0684. The fraction of sp³-hybridized carbons (Fsp3) is 0.623. The number of fused-ring (bicyclic) bond motifs is 6. The van der Waals surface area contributed by atoms with Gasteiger partial charge in [0.25, 0.3) is 5.91 Å². The number of piperazine rings is 1. The lowest BCUT2D eigenvalue weighted by atomic mass is 9.84. The van der Waals surface area contributed by atoms with Crippen molar-refractivity contribution in [2.75, 3.05) is 84.1 Å². The van der Waals surface area contributed by atoms with Gasteiger partial charge in [-0.05, 0) is 104 Å². The maximum absolute atomic E-state index is 15.2. The molecule has 2 aliphatic carbocycles. The van der Waals surface area contributed by atoms with Crippen LogP contribution in [0.3, 0.4) is 0 Å². The maximum Gasteiger partial charge on any atom is 0.406 e. The standard InChI is InChI=1S/C61H79F3N10O7/c1-36(2)53(71-23-24-81-60(31-71)32-72(33-60)57(77)52-51(67-52)39-12-13-39)55(75)66-48-26-38-9-7-10-40(25-38)41-14-17-49-44(27-41)46(29-59(4,5)35-80-58(78)47-11-8-18-74(68-47)56(48)76)54(73(49)34-61(62,63)64)45-28-43(30-65-50(45)37(3)79-6)70-21-19-69(20-22-70)42-15-16-42/h7,9-10,14,17,25,27-28,30,36-37,39,42,47-48,51-53,67-68H,8,11-13,15-16,18-24,26,29,31-35H2,1-6H3,(H,66,75)/t37-,47-,48-,51+,52+,53-/m0/s1. The molecule has 5 saturated heterocycles. The Morgan fingerprint density at radius 1 is 0.926 bits per heavy atom. The number of aromatic nitrogens is 2. The quantitative estimate of drug-likeness (QED) is 0.107. The lowest BCUT2D eigenvalue weighted by Crippen LogP contribution is -2.73. The van der Waals surface area contributed by atoms with Crippen LogP contribution in [-0.2, 0) is 52.8 Å². The molecule has 2 aromatic heterocycles. The van der Waals surface area contributed by atoms with Crippen molar-refractivity contribution < 1.29 is 46.6 Å². The van der Waals surface area contributed by atoms with Gasteiger partial charge in [-0.3, -0.25) is 44.3 Å². The van der Waals surface area contributed by atoms with Crippen molar-refractivity contribution in [3.05, 3.63) is 71.5 Å². The van der Waals surface area contributed by atoms with Crippen LogP contribution in [0, 0.1) is 17.3 Å². The first-order valence-electron chi connectivity index (χ1n) is 29.5. The summed E-state index contributed by atoms with van der Waals surface area (Å²) in [6, 6.07) is 13.5. The summed E-state index contributed by atoms with van der Waals surface area (Å²) in [6.45, 7) is 14.3. The summed E-state index contributed by atoms with van der Waals surface area (Å²) in [5.74, 6) is -0.708. The van der Waals surface area contributed by atoms with E-state index in [0.717, 1.165) is 48.6 Å². The van der Waals surface area contributed by atoms with Gasteiger partial charge in [0.2, 0.25) is 11.8 Å². The second kappa shape index (κ2) is 21.8. The zero-order valence-electron chi connectivity index (χ0n) is 47.7. The number of carbonyl (C=O) groups is 4. The van der Waals surface area contributed by atoms with E-state index in [0.29, 0.717) is 97.5 Å². The van der Waals surface area contributed by atoms with Crippen LogP contribution in [0.5, 0.6) is 0 Å². The highest BCUT2D eigenvalue weighted by atomic mass is 19.4. The van der Waals surface area contributed by atoms with E-state index >= 15 is 13.2 Å². The highest BCUT2D eigenvalue weighted by Crippen LogP contribution is 2.45. The smallest absolute Gasteiger partial charge is 0.406 e. The summed E-state index contributed by atoms with van der Waals surface area (Å²) in [7, 11) is 1.57. The highest BCUT2D eigenvalue weighted by molar-refractivity contribution is 5.96. The number of likely N-dealkylation sites (tertiary alicyclic amines) is 1. The molecule has 4 aromatic rings. The molecule has 7 fully saturated rings. The van der Waals surface area contributed by atoms with Crippen molar-refractivity contribution >= 4 is 40.3 Å². The minimum Gasteiger partial charge on any atom is -0.464 e. The van der Waals surface area contributed by atoms with Gasteiger partial charge in [-0.25, -0.2) is 5.43 Å². The van der Waals surface area contributed by atoms with Crippen LogP contribution in [0.25, 0.3) is 33.3 Å². The van der Waals surface area contributed by atoms with Crippen LogP contribution in [0.4, 0.5) is 18.9 Å². The molecule has 8 aliphatic rings. The van der Waals surface area contributed by atoms with Gasteiger partial charge in [0.15, 0.2) is 0 Å². The SMILES string of the molecule is CO[C@@H](C)c1ncc(N2CCN(C3CC3)CC2)cc1-c1c2c3cc(ccc3n1CC(F)(F)F)-c1cccc(c1)C[C@H](NC(=O)[C@H](C(C)C)N1CCOC3(CN(C(=O)[C@@H]4N[C@@H]4C4CC4)C3)C1)C(=O)N1CCC[C@H](N1)C(=O)OCC(C)(C)C2. The zero-order chi connectivity index (χ0) is 56.7. The molecule has 0 unspecified atom stereocenters. The van der Waals surface area contributed by atoms with E-state index in [9.17, 15) is 19.2 Å². The predicted molar refractivity (Wildman–Crippen MR) is 300 cm³/mol. The highest BCUT2D eigenvalue weighted by Gasteiger charge is 2.57. The number of carbonyl (C=O) groups excluding carboxylic acids is 4. The first kappa shape index (κ1) is 55.9. The third-order valence-electron chi connectivity index (χ3n) is 18.3. The topological polar surface area (TPSA) is 176 Å². The fourth-order valence-electron chi connectivity index (χ4n) is 13.7. The average molecular weight is 1120 g/mol. The summed E-state index contributed by atoms with van der Waals surface area (Å²) in [5, 5.41) is 8.63. The van der Waals surface area contributed by atoms with Gasteiger partial charge >= 0.3 is 12.1 Å². The van der Waals surface area contributed by atoms with E-state index in [-0.39, 0.29) is 49.3 Å². The van der Waals surface area contributed by atoms with Crippen LogP contribution < -0.4 is 21.0 Å². The third-order valence-corrected chi connectivity index (χ3v) is 18.3. The molecule has 1 spiro atoms. The molecule has 0 radical (unpaired) electrons.